The Labute approximate surface area is 189 Å². The number of carbonyl (C=O) groups excluding carboxylic acids is 2. The average molecular weight is 502 g/mol. The van der Waals surface area contributed by atoms with Crippen LogP contribution in [0.2, 0.25) is 5.02 Å². The summed E-state index contributed by atoms with van der Waals surface area (Å²) in [6, 6.07) is 5.18. The molecule has 2 atom stereocenters. The number of amides is 1. The van der Waals surface area contributed by atoms with Crippen molar-refractivity contribution < 1.29 is 31.5 Å². The van der Waals surface area contributed by atoms with Gasteiger partial charge in [-0.25, -0.2) is 18.6 Å². The molecule has 0 aromatic heterocycles. The predicted octanol–water partition coefficient (Wildman–Crippen LogP) is 3.95. The largest absolute Gasteiger partial charge is 0.418 e. The maximum absolute atomic E-state index is 14.5. The van der Waals surface area contributed by atoms with Gasteiger partial charge in [0, 0.05) is 38.1 Å². The van der Waals surface area contributed by atoms with Gasteiger partial charge in [0.1, 0.15) is 17.9 Å². The van der Waals surface area contributed by atoms with E-state index >= 15 is 0 Å². The molecule has 0 fully saturated rings. The van der Waals surface area contributed by atoms with Crippen molar-refractivity contribution in [1.29, 1.82) is 0 Å². The van der Waals surface area contributed by atoms with Crippen molar-refractivity contribution in [3.63, 3.8) is 0 Å². The minimum Gasteiger partial charge on any atom is -0.407 e. The molecule has 1 heterocycles. The topological polar surface area (TPSA) is 114 Å². The summed E-state index contributed by atoms with van der Waals surface area (Å²) >= 11 is 6.15. The molecule has 1 aliphatic rings. The summed E-state index contributed by atoms with van der Waals surface area (Å²) in [5.41, 5.74) is 1.68. The molecule has 2 aromatic rings. The number of hydrogen-bond acceptors (Lipinski definition) is 7. The molecule has 1 amide bonds. The molecular weight excluding hydrogens is 488 g/mol. The van der Waals surface area contributed by atoms with Gasteiger partial charge in [0.15, 0.2) is 11.6 Å². The summed E-state index contributed by atoms with van der Waals surface area (Å²) in [4.78, 5) is 26.6. The molecule has 2 aromatic carbocycles. The Morgan fingerprint density at radius 3 is 2.66 bits per heavy atom. The first-order valence-electron chi connectivity index (χ1n) is 8.74. The second-order valence-electron chi connectivity index (χ2n) is 6.31. The Hall–Kier alpha value is -3.09. The molecule has 0 radical (unpaired) electrons. The zero-order chi connectivity index (χ0) is 23.4. The second kappa shape index (κ2) is 10.0. The van der Waals surface area contributed by atoms with Gasteiger partial charge in [0.25, 0.3) is 0 Å². The van der Waals surface area contributed by atoms with E-state index in [2.05, 4.69) is 15.6 Å². The SMILES string of the molecule is CC(Nc1cc(F)c(OC(=O)NC2=CS(=S(=O)=O)C=N2)cc1Cl)c1cc(C=O)ccc1F. The van der Waals surface area contributed by atoms with E-state index in [1.165, 1.54) is 17.5 Å². The van der Waals surface area contributed by atoms with Crippen LogP contribution in [0, 0.1) is 11.6 Å². The van der Waals surface area contributed by atoms with Crippen LogP contribution in [0.5, 0.6) is 5.75 Å². The maximum atomic E-state index is 14.5. The Morgan fingerprint density at radius 1 is 1.25 bits per heavy atom. The highest BCUT2D eigenvalue weighted by Gasteiger charge is 2.18. The molecule has 0 bridgehead atoms. The number of ether oxygens (including phenoxy) is 1. The van der Waals surface area contributed by atoms with E-state index < -0.39 is 48.2 Å². The van der Waals surface area contributed by atoms with Crippen LogP contribution in [0.15, 0.2) is 46.6 Å². The molecule has 2 N–H and O–H groups in total. The van der Waals surface area contributed by atoms with Crippen LogP contribution in [-0.4, -0.2) is 26.3 Å². The van der Waals surface area contributed by atoms with E-state index in [1.54, 1.807) is 6.92 Å². The second-order valence-corrected chi connectivity index (χ2v) is 10.2. The van der Waals surface area contributed by atoms with Crippen LogP contribution < -0.4 is 15.4 Å². The highest BCUT2D eigenvalue weighted by molar-refractivity contribution is 8.42. The fourth-order valence-electron chi connectivity index (χ4n) is 2.64. The van der Waals surface area contributed by atoms with Crippen LogP contribution in [0.25, 0.3) is 0 Å². The highest BCUT2D eigenvalue weighted by Crippen LogP contribution is 2.33. The molecular formula is C19H14ClF2N3O5S2. The Bertz CT molecular complexity index is 1300. The maximum Gasteiger partial charge on any atom is 0.418 e. The average Bonchev–Trinajstić information content (AvgIpc) is 3.20. The number of benzene rings is 2. The van der Waals surface area contributed by atoms with Crippen molar-refractivity contribution in [3.05, 3.63) is 69.3 Å². The Morgan fingerprint density at radius 2 is 2.00 bits per heavy atom. The van der Waals surface area contributed by atoms with Gasteiger partial charge in [-0.15, -0.1) is 0 Å². The number of aliphatic imine (C=N–C) groups is 1. The predicted molar refractivity (Wildman–Crippen MR) is 117 cm³/mol. The smallest absolute Gasteiger partial charge is 0.407 e. The van der Waals surface area contributed by atoms with Gasteiger partial charge in [-0.05, 0) is 25.1 Å². The van der Waals surface area contributed by atoms with E-state index in [4.69, 9.17) is 16.3 Å². The van der Waals surface area contributed by atoms with Crippen LogP contribution in [0.3, 0.4) is 0 Å². The van der Waals surface area contributed by atoms with Crippen molar-refractivity contribution in [2.75, 3.05) is 5.32 Å². The molecule has 1 aliphatic heterocycles. The number of hydrogen-bond donors (Lipinski definition) is 2. The molecule has 168 valence electrons. The van der Waals surface area contributed by atoms with Gasteiger partial charge in [0.2, 0.25) is 9.26 Å². The molecule has 8 nitrogen and oxygen atoms in total. The van der Waals surface area contributed by atoms with Crippen molar-refractivity contribution in [1.82, 2.24) is 5.32 Å². The van der Waals surface area contributed by atoms with Gasteiger partial charge in [-0.1, -0.05) is 11.6 Å². The van der Waals surface area contributed by atoms with E-state index in [-0.39, 0.29) is 27.7 Å². The van der Waals surface area contributed by atoms with Gasteiger partial charge in [0.05, 0.1) is 22.3 Å². The van der Waals surface area contributed by atoms with Crippen molar-refractivity contribution in [2.45, 2.75) is 13.0 Å². The molecule has 0 aliphatic carbocycles. The number of nitrogens with one attached hydrogen (secondary N) is 2. The van der Waals surface area contributed by atoms with Gasteiger partial charge in [-0.3, -0.25) is 10.1 Å². The van der Waals surface area contributed by atoms with E-state index in [1.807, 2.05) is 0 Å². The number of rotatable bonds is 6. The first-order chi connectivity index (χ1) is 15.2. The van der Waals surface area contributed by atoms with Crippen LogP contribution in [0.1, 0.15) is 28.9 Å². The summed E-state index contributed by atoms with van der Waals surface area (Å²) in [7, 11) is -3.68. The minimum atomic E-state index is -2.41. The van der Waals surface area contributed by atoms with Crippen molar-refractivity contribution in [3.8, 4) is 5.75 Å². The third-order valence-corrected chi connectivity index (χ3v) is 7.02. The standard InChI is InChI=1S/C19H14ClF2N3O5S2/c1-10(12-4-11(7-26)2-3-14(12)21)24-16-6-15(22)17(5-13(16)20)30-19(27)25-18-8-31(9-23-18)32(28)29/h2-10,24H,1H3,(H,25,27). The Balaban J connectivity index is 1.73. The number of carbonyl (C=O) groups is 2. The zero-order valence-electron chi connectivity index (χ0n) is 16.1. The van der Waals surface area contributed by atoms with E-state index in [0.29, 0.717) is 6.29 Å². The number of anilines is 1. The lowest BCUT2D eigenvalue weighted by Crippen LogP contribution is -2.25. The lowest BCUT2D eigenvalue weighted by Gasteiger charge is -2.18. The van der Waals surface area contributed by atoms with Crippen LogP contribution >= 0.6 is 11.6 Å². The fourth-order valence-corrected chi connectivity index (χ4v) is 4.47. The van der Waals surface area contributed by atoms with Crippen LogP contribution in [0.4, 0.5) is 19.3 Å². The summed E-state index contributed by atoms with van der Waals surface area (Å²) in [6.07, 6.45) is -0.528. The van der Waals surface area contributed by atoms with Gasteiger partial charge >= 0.3 is 6.09 Å². The normalized spacial score (nSPS) is 15.6. The van der Waals surface area contributed by atoms with Crippen LogP contribution in [-0.2, 0) is 18.7 Å². The summed E-state index contributed by atoms with van der Waals surface area (Å²) < 4.78 is 55.2. The molecule has 0 spiro atoms. The monoisotopic (exact) mass is 501 g/mol. The molecule has 2 unspecified atom stereocenters. The van der Waals surface area contributed by atoms with Gasteiger partial charge in [-0.2, -0.15) is 8.42 Å². The Kier molecular flexibility index (Phi) is 7.38. The third-order valence-electron chi connectivity index (χ3n) is 4.13. The summed E-state index contributed by atoms with van der Waals surface area (Å²) in [6.45, 7) is 1.60. The lowest BCUT2D eigenvalue weighted by molar-refractivity contribution is 0.112. The summed E-state index contributed by atoms with van der Waals surface area (Å²) in [5, 5.41) is 6.20. The molecule has 3 rings (SSSR count). The van der Waals surface area contributed by atoms with Crippen molar-refractivity contribution in [2.24, 2.45) is 4.99 Å². The molecule has 32 heavy (non-hydrogen) atoms. The van der Waals surface area contributed by atoms with E-state index in [0.717, 1.165) is 23.7 Å². The molecule has 0 saturated carbocycles. The summed E-state index contributed by atoms with van der Waals surface area (Å²) in [5.74, 6) is -2.04. The molecule has 0 saturated heterocycles. The number of aldehydes is 1. The first-order valence-corrected chi connectivity index (χ1v) is 12.1. The lowest BCUT2D eigenvalue weighted by atomic mass is 10.0. The number of halogens is 3. The fraction of sp³-hybridized carbons (Fsp3) is 0.105. The number of nitrogens with zero attached hydrogens (tertiary/aromatic N) is 1. The van der Waals surface area contributed by atoms with Crippen molar-refractivity contribution >= 4 is 53.9 Å². The highest BCUT2D eigenvalue weighted by atomic mass is 35.5. The zero-order valence-corrected chi connectivity index (χ0v) is 18.5. The third kappa shape index (κ3) is 5.58. The molecule has 13 heteroatoms. The van der Waals surface area contributed by atoms with E-state index in [9.17, 15) is 26.8 Å². The van der Waals surface area contributed by atoms with Gasteiger partial charge < -0.3 is 10.1 Å². The first kappa shape index (κ1) is 23.6. The quantitative estimate of drug-likeness (QED) is 0.579. The minimum absolute atomic E-state index is 0.0191.